The van der Waals surface area contributed by atoms with Gasteiger partial charge in [0.1, 0.15) is 11.3 Å². The van der Waals surface area contributed by atoms with E-state index in [0.29, 0.717) is 18.0 Å². The molecule has 2 aromatic carbocycles. The van der Waals surface area contributed by atoms with Gasteiger partial charge in [-0.1, -0.05) is 18.2 Å². The van der Waals surface area contributed by atoms with E-state index in [0.717, 1.165) is 24.1 Å². The zero-order valence-corrected chi connectivity index (χ0v) is 16.5. The second-order valence-corrected chi connectivity index (χ2v) is 8.38. The zero-order chi connectivity index (χ0) is 20.6. The SMILES string of the molecule is COc1ccc(N2C(=O)[C@@H]3[C@@H](C2=O)[C@]2(C(=O)Nc4ccccc42)N2CCC[C@@H]32)cc1. The lowest BCUT2D eigenvalue weighted by atomic mass is 9.75. The van der Waals surface area contributed by atoms with Crippen molar-refractivity contribution in [2.24, 2.45) is 11.8 Å². The fraction of sp³-hybridized carbons (Fsp3) is 0.348. The minimum Gasteiger partial charge on any atom is -0.497 e. The topological polar surface area (TPSA) is 78.9 Å². The zero-order valence-electron chi connectivity index (χ0n) is 16.5. The first-order valence-corrected chi connectivity index (χ1v) is 10.3. The Labute approximate surface area is 173 Å². The summed E-state index contributed by atoms with van der Waals surface area (Å²) in [5, 5.41) is 2.98. The van der Waals surface area contributed by atoms with Crippen LogP contribution in [0.3, 0.4) is 0 Å². The summed E-state index contributed by atoms with van der Waals surface area (Å²) < 4.78 is 5.20. The molecule has 0 aromatic heterocycles. The molecule has 3 fully saturated rings. The van der Waals surface area contributed by atoms with Crippen LogP contribution in [0.25, 0.3) is 0 Å². The summed E-state index contributed by atoms with van der Waals surface area (Å²) >= 11 is 0. The van der Waals surface area contributed by atoms with Crippen molar-refractivity contribution >= 4 is 29.1 Å². The summed E-state index contributed by atoms with van der Waals surface area (Å²) in [7, 11) is 1.57. The van der Waals surface area contributed by atoms with Crippen molar-refractivity contribution in [2.75, 3.05) is 23.9 Å². The minimum absolute atomic E-state index is 0.105. The van der Waals surface area contributed by atoms with E-state index in [1.54, 1.807) is 31.4 Å². The molecule has 152 valence electrons. The predicted octanol–water partition coefficient (Wildman–Crippen LogP) is 2.13. The molecule has 4 atom stereocenters. The Morgan fingerprint density at radius 2 is 1.80 bits per heavy atom. The first-order chi connectivity index (χ1) is 14.6. The second-order valence-electron chi connectivity index (χ2n) is 8.38. The largest absolute Gasteiger partial charge is 0.497 e. The van der Waals surface area contributed by atoms with Crippen LogP contribution in [0.2, 0.25) is 0 Å². The fourth-order valence-electron chi connectivity index (χ4n) is 6.14. The quantitative estimate of drug-likeness (QED) is 0.778. The molecular weight excluding hydrogens is 382 g/mol. The Kier molecular flexibility index (Phi) is 3.48. The van der Waals surface area contributed by atoms with E-state index in [1.165, 1.54) is 4.90 Å². The Balaban J connectivity index is 1.52. The van der Waals surface area contributed by atoms with Gasteiger partial charge in [-0.25, -0.2) is 4.90 Å². The molecule has 0 aliphatic carbocycles. The number of nitrogens with zero attached hydrogens (tertiary/aromatic N) is 2. The van der Waals surface area contributed by atoms with E-state index >= 15 is 0 Å². The highest BCUT2D eigenvalue weighted by Crippen LogP contribution is 2.60. The van der Waals surface area contributed by atoms with Crippen LogP contribution in [-0.4, -0.2) is 42.3 Å². The third-order valence-corrected chi connectivity index (χ3v) is 7.23. The number of carbonyl (C=O) groups excluding carboxylic acids is 3. The molecule has 7 nitrogen and oxygen atoms in total. The van der Waals surface area contributed by atoms with Crippen LogP contribution in [0, 0.1) is 11.8 Å². The van der Waals surface area contributed by atoms with Crippen molar-refractivity contribution in [3.05, 3.63) is 54.1 Å². The number of amides is 3. The maximum Gasteiger partial charge on any atom is 0.250 e. The molecule has 4 heterocycles. The third-order valence-electron chi connectivity index (χ3n) is 7.23. The Bertz CT molecular complexity index is 1100. The van der Waals surface area contributed by atoms with Gasteiger partial charge >= 0.3 is 0 Å². The average molecular weight is 403 g/mol. The molecule has 30 heavy (non-hydrogen) atoms. The highest BCUT2D eigenvalue weighted by molar-refractivity contribution is 6.25. The molecule has 1 spiro atoms. The van der Waals surface area contributed by atoms with Crippen molar-refractivity contribution < 1.29 is 19.1 Å². The molecule has 1 N–H and O–H groups in total. The van der Waals surface area contributed by atoms with Gasteiger partial charge in [0.2, 0.25) is 17.7 Å². The van der Waals surface area contributed by atoms with E-state index in [2.05, 4.69) is 10.2 Å². The standard InChI is InChI=1S/C23H21N3O4/c1-30-14-10-8-13(9-11-14)26-20(27)18-17-7-4-12-25(17)23(19(18)21(26)28)15-5-2-3-6-16(15)24-22(23)29/h2-3,5-6,8-11,17-19H,4,7,12H2,1H3,(H,24,29)/t17-,18-,19-,23+/m0/s1. The van der Waals surface area contributed by atoms with Crippen LogP contribution in [-0.2, 0) is 19.9 Å². The number of hydrogen-bond acceptors (Lipinski definition) is 5. The molecule has 6 rings (SSSR count). The van der Waals surface area contributed by atoms with Gasteiger partial charge in [0, 0.05) is 17.3 Å². The molecule has 3 saturated heterocycles. The Hall–Kier alpha value is -3.19. The van der Waals surface area contributed by atoms with Gasteiger partial charge in [0.05, 0.1) is 24.6 Å². The first-order valence-electron chi connectivity index (χ1n) is 10.3. The van der Waals surface area contributed by atoms with Crippen LogP contribution in [0.5, 0.6) is 5.75 Å². The summed E-state index contributed by atoms with van der Waals surface area (Å²) in [6.07, 6.45) is 1.73. The second kappa shape index (κ2) is 5.92. The van der Waals surface area contributed by atoms with E-state index in [9.17, 15) is 14.4 Å². The Morgan fingerprint density at radius 1 is 1.03 bits per heavy atom. The summed E-state index contributed by atoms with van der Waals surface area (Å²) in [6, 6.07) is 14.3. The van der Waals surface area contributed by atoms with Gasteiger partial charge in [-0.3, -0.25) is 19.3 Å². The van der Waals surface area contributed by atoms with E-state index < -0.39 is 17.4 Å². The summed E-state index contributed by atoms with van der Waals surface area (Å²) in [5.41, 5.74) is 0.951. The number of fused-ring (bicyclic) bond motifs is 7. The van der Waals surface area contributed by atoms with Crippen molar-refractivity contribution in [1.29, 1.82) is 0 Å². The molecular formula is C23H21N3O4. The number of ether oxygens (including phenoxy) is 1. The molecule has 0 bridgehead atoms. The van der Waals surface area contributed by atoms with Crippen molar-refractivity contribution in [3.8, 4) is 5.75 Å². The minimum atomic E-state index is -1.11. The maximum atomic E-state index is 13.8. The lowest BCUT2D eigenvalue weighted by molar-refractivity contribution is -0.135. The van der Waals surface area contributed by atoms with E-state index in [-0.39, 0.29) is 23.8 Å². The maximum absolute atomic E-state index is 13.8. The molecule has 0 unspecified atom stereocenters. The van der Waals surface area contributed by atoms with Gasteiger partial charge in [-0.15, -0.1) is 0 Å². The van der Waals surface area contributed by atoms with Crippen LogP contribution < -0.4 is 15.0 Å². The summed E-state index contributed by atoms with van der Waals surface area (Å²) in [4.78, 5) is 44.2. The van der Waals surface area contributed by atoms with Gasteiger partial charge in [-0.2, -0.15) is 0 Å². The number of nitrogens with one attached hydrogen (secondary N) is 1. The molecule has 3 amide bonds. The highest BCUT2D eigenvalue weighted by Gasteiger charge is 2.74. The van der Waals surface area contributed by atoms with Crippen molar-refractivity contribution in [3.63, 3.8) is 0 Å². The van der Waals surface area contributed by atoms with Crippen LogP contribution in [0.15, 0.2) is 48.5 Å². The van der Waals surface area contributed by atoms with Crippen molar-refractivity contribution in [2.45, 2.75) is 24.4 Å². The molecule has 7 heteroatoms. The number of rotatable bonds is 2. The van der Waals surface area contributed by atoms with Crippen LogP contribution >= 0.6 is 0 Å². The monoisotopic (exact) mass is 403 g/mol. The first kappa shape index (κ1) is 17.7. The smallest absolute Gasteiger partial charge is 0.250 e. The van der Waals surface area contributed by atoms with E-state index in [1.807, 2.05) is 24.3 Å². The number of carbonyl (C=O) groups is 3. The van der Waals surface area contributed by atoms with Gasteiger partial charge in [-0.05, 0) is 49.7 Å². The van der Waals surface area contributed by atoms with Crippen LogP contribution in [0.4, 0.5) is 11.4 Å². The number of imide groups is 1. The lowest BCUT2D eigenvalue weighted by Gasteiger charge is -2.36. The number of para-hydroxylation sites is 1. The predicted molar refractivity (Wildman–Crippen MR) is 109 cm³/mol. The van der Waals surface area contributed by atoms with Gasteiger partial charge in [0.15, 0.2) is 0 Å². The molecule has 4 aliphatic rings. The fourth-order valence-corrected chi connectivity index (χ4v) is 6.14. The Morgan fingerprint density at radius 3 is 2.57 bits per heavy atom. The molecule has 0 saturated carbocycles. The van der Waals surface area contributed by atoms with Gasteiger partial charge in [0.25, 0.3) is 0 Å². The highest BCUT2D eigenvalue weighted by atomic mass is 16.5. The lowest BCUT2D eigenvalue weighted by Crippen LogP contribution is -2.54. The average Bonchev–Trinajstić information content (AvgIpc) is 3.46. The number of anilines is 2. The molecule has 2 aromatic rings. The molecule has 4 aliphatic heterocycles. The summed E-state index contributed by atoms with van der Waals surface area (Å²) in [5.74, 6) is -1.28. The normalized spacial score (nSPS) is 31.8. The van der Waals surface area contributed by atoms with Crippen molar-refractivity contribution in [1.82, 2.24) is 4.90 Å². The van der Waals surface area contributed by atoms with E-state index in [4.69, 9.17) is 4.74 Å². The molecule has 0 radical (unpaired) electrons. The number of benzene rings is 2. The van der Waals surface area contributed by atoms with Crippen LogP contribution in [0.1, 0.15) is 18.4 Å². The van der Waals surface area contributed by atoms with Gasteiger partial charge < -0.3 is 10.1 Å². The number of methoxy groups -OCH3 is 1. The third kappa shape index (κ3) is 1.91. The number of hydrogen-bond donors (Lipinski definition) is 1. The summed E-state index contributed by atoms with van der Waals surface area (Å²) in [6.45, 7) is 0.711.